The van der Waals surface area contributed by atoms with Crippen LogP contribution in [0.1, 0.15) is 64.7 Å². The van der Waals surface area contributed by atoms with E-state index in [4.69, 9.17) is 4.74 Å². The van der Waals surface area contributed by atoms with Crippen LogP contribution in [0.5, 0.6) is 0 Å². The fourth-order valence-electron chi connectivity index (χ4n) is 3.07. The fraction of sp³-hybridized carbons (Fsp3) is 1.00. The molecule has 2 heteroatoms. The van der Waals surface area contributed by atoms with E-state index in [1.807, 2.05) is 0 Å². The first-order chi connectivity index (χ1) is 8.28. The van der Waals surface area contributed by atoms with Crippen LogP contribution in [0, 0.1) is 11.8 Å². The van der Waals surface area contributed by atoms with Crippen molar-refractivity contribution in [3.63, 3.8) is 0 Å². The minimum atomic E-state index is 0.180. The maximum atomic E-state index is 6.25. The van der Waals surface area contributed by atoms with Gasteiger partial charge in [-0.25, -0.2) is 0 Å². The van der Waals surface area contributed by atoms with Gasteiger partial charge in [-0.3, -0.25) is 0 Å². The molecule has 0 aromatic heterocycles. The van der Waals surface area contributed by atoms with Crippen LogP contribution >= 0.6 is 15.9 Å². The third-order valence-electron chi connectivity index (χ3n) is 4.59. The van der Waals surface area contributed by atoms with Crippen LogP contribution in [-0.2, 0) is 4.74 Å². The van der Waals surface area contributed by atoms with Crippen LogP contribution < -0.4 is 0 Å². The van der Waals surface area contributed by atoms with Crippen molar-refractivity contribution in [1.82, 2.24) is 0 Å². The highest BCUT2D eigenvalue weighted by molar-refractivity contribution is 9.09. The van der Waals surface area contributed by atoms with Gasteiger partial charge in [0, 0.05) is 11.9 Å². The van der Waals surface area contributed by atoms with Crippen LogP contribution in [0.2, 0.25) is 0 Å². The number of halogens is 1. The molecule has 0 bridgehead atoms. The standard InChI is InChI=1S/C15H27BrO/c1-2-3-13-6-9-15(12-16,10-7-13)17-11-8-14-4-5-14/h13-14H,2-12H2,1H3. The second-order valence-electron chi connectivity index (χ2n) is 6.13. The largest absolute Gasteiger partial charge is 0.374 e. The molecule has 2 saturated carbocycles. The Morgan fingerprint density at radius 1 is 1.06 bits per heavy atom. The summed E-state index contributed by atoms with van der Waals surface area (Å²) in [5.41, 5.74) is 0.180. The van der Waals surface area contributed by atoms with Crippen molar-refractivity contribution >= 4 is 15.9 Å². The van der Waals surface area contributed by atoms with Gasteiger partial charge in [0.1, 0.15) is 0 Å². The van der Waals surface area contributed by atoms with Crippen molar-refractivity contribution < 1.29 is 4.74 Å². The summed E-state index contributed by atoms with van der Waals surface area (Å²) in [6.07, 6.45) is 12.3. The molecule has 0 aromatic carbocycles. The molecule has 0 aromatic rings. The second kappa shape index (κ2) is 6.56. The van der Waals surface area contributed by atoms with E-state index in [9.17, 15) is 0 Å². The fourth-order valence-corrected chi connectivity index (χ4v) is 3.79. The Labute approximate surface area is 115 Å². The zero-order valence-corrected chi connectivity index (χ0v) is 12.8. The normalized spacial score (nSPS) is 33.9. The van der Waals surface area contributed by atoms with Crippen molar-refractivity contribution in [2.75, 3.05) is 11.9 Å². The number of hydrogen-bond acceptors (Lipinski definition) is 1. The van der Waals surface area contributed by atoms with E-state index in [1.165, 1.54) is 57.8 Å². The minimum Gasteiger partial charge on any atom is -0.374 e. The smallest absolute Gasteiger partial charge is 0.0779 e. The average Bonchev–Trinajstić information content (AvgIpc) is 3.16. The molecule has 2 fully saturated rings. The van der Waals surface area contributed by atoms with Gasteiger partial charge in [-0.05, 0) is 43.9 Å². The zero-order chi connectivity index (χ0) is 12.1. The maximum Gasteiger partial charge on any atom is 0.0779 e. The second-order valence-corrected chi connectivity index (χ2v) is 6.69. The predicted molar refractivity (Wildman–Crippen MR) is 76.7 cm³/mol. The Morgan fingerprint density at radius 2 is 1.71 bits per heavy atom. The number of rotatable bonds is 7. The Bertz CT molecular complexity index is 217. The Kier molecular flexibility index (Phi) is 5.35. The van der Waals surface area contributed by atoms with Gasteiger partial charge < -0.3 is 4.74 Å². The van der Waals surface area contributed by atoms with Gasteiger partial charge >= 0.3 is 0 Å². The molecule has 2 rings (SSSR count). The Hall–Kier alpha value is 0.440. The van der Waals surface area contributed by atoms with Crippen molar-refractivity contribution in [1.29, 1.82) is 0 Å². The number of ether oxygens (including phenoxy) is 1. The van der Waals surface area contributed by atoms with Crippen molar-refractivity contribution in [3.8, 4) is 0 Å². The third-order valence-corrected chi connectivity index (χ3v) is 5.61. The third kappa shape index (κ3) is 4.24. The first-order valence-electron chi connectivity index (χ1n) is 7.48. The molecule has 0 amide bonds. The molecule has 0 spiro atoms. The monoisotopic (exact) mass is 302 g/mol. The molecule has 2 aliphatic rings. The first kappa shape index (κ1) is 13.9. The van der Waals surface area contributed by atoms with Gasteiger partial charge in [0.05, 0.1) is 5.60 Å². The van der Waals surface area contributed by atoms with Gasteiger partial charge in [0.15, 0.2) is 0 Å². The first-order valence-corrected chi connectivity index (χ1v) is 8.60. The number of hydrogen-bond donors (Lipinski definition) is 0. The SMILES string of the molecule is CCCC1CCC(CBr)(OCCC2CC2)CC1. The lowest BCUT2D eigenvalue weighted by molar-refractivity contribution is -0.0624. The topological polar surface area (TPSA) is 9.23 Å². The molecule has 2 aliphatic carbocycles. The van der Waals surface area contributed by atoms with Crippen molar-refractivity contribution in [3.05, 3.63) is 0 Å². The Balaban J connectivity index is 1.71. The summed E-state index contributed by atoms with van der Waals surface area (Å²) >= 11 is 3.68. The van der Waals surface area contributed by atoms with E-state index in [-0.39, 0.29) is 5.60 Å². The van der Waals surface area contributed by atoms with Crippen molar-refractivity contribution in [2.45, 2.75) is 70.3 Å². The van der Waals surface area contributed by atoms with E-state index >= 15 is 0 Å². The zero-order valence-electron chi connectivity index (χ0n) is 11.2. The summed E-state index contributed by atoms with van der Waals surface area (Å²) in [4.78, 5) is 0. The predicted octanol–water partition coefficient (Wildman–Crippen LogP) is 4.93. The molecule has 1 nitrogen and oxygen atoms in total. The van der Waals surface area contributed by atoms with E-state index in [0.29, 0.717) is 0 Å². The summed E-state index contributed by atoms with van der Waals surface area (Å²) < 4.78 is 6.25. The molecular formula is C15H27BrO. The highest BCUT2D eigenvalue weighted by Gasteiger charge is 2.35. The summed E-state index contributed by atoms with van der Waals surface area (Å²) in [5.74, 6) is 1.97. The molecular weight excluding hydrogens is 276 g/mol. The van der Waals surface area contributed by atoms with Crippen molar-refractivity contribution in [2.24, 2.45) is 11.8 Å². The summed E-state index contributed by atoms with van der Waals surface area (Å²) in [5, 5.41) is 1.03. The van der Waals surface area contributed by atoms with Crippen LogP contribution in [0.3, 0.4) is 0 Å². The van der Waals surface area contributed by atoms with Crippen LogP contribution in [0.25, 0.3) is 0 Å². The summed E-state index contributed by atoms with van der Waals surface area (Å²) in [7, 11) is 0. The molecule has 0 saturated heterocycles. The molecule has 17 heavy (non-hydrogen) atoms. The lowest BCUT2D eigenvalue weighted by atomic mass is 9.78. The molecule has 0 unspecified atom stereocenters. The van der Waals surface area contributed by atoms with E-state index in [1.54, 1.807) is 0 Å². The van der Waals surface area contributed by atoms with E-state index in [0.717, 1.165) is 23.8 Å². The van der Waals surface area contributed by atoms with Gasteiger partial charge in [-0.15, -0.1) is 0 Å². The summed E-state index contributed by atoms with van der Waals surface area (Å²) in [6, 6.07) is 0. The quantitative estimate of drug-likeness (QED) is 0.606. The molecule has 0 N–H and O–H groups in total. The average molecular weight is 303 g/mol. The number of alkyl halides is 1. The molecule has 0 radical (unpaired) electrons. The highest BCUT2D eigenvalue weighted by atomic mass is 79.9. The highest BCUT2D eigenvalue weighted by Crippen LogP contribution is 2.39. The van der Waals surface area contributed by atoms with Crippen LogP contribution in [0.15, 0.2) is 0 Å². The minimum absolute atomic E-state index is 0.180. The molecule has 100 valence electrons. The maximum absolute atomic E-state index is 6.25. The van der Waals surface area contributed by atoms with Crippen LogP contribution in [-0.4, -0.2) is 17.5 Å². The summed E-state index contributed by atoms with van der Waals surface area (Å²) in [6.45, 7) is 3.30. The van der Waals surface area contributed by atoms with E-state index < -0.39 is 0 Å². The van der Waals surface area contributed by atoms with Gasteiger partial charge in [0.2, 0.25) is 0 Å². The molecule has 0 heterocycles. The van der Waals surface area contributed by atoms with Gasteiger partial charge in [-0.2, -0.15) is 0 Å². The lowest BCUT2D eigenvalue weighted by Gasteiger charge is -2.39. The van der Waals surface area contributed by atoms with Crippen LogP contribution in [0.4, 0.5) is 0 Å². The van der Waals surface area contributed by atoms with Gasteiger partial charge in [-0.1, -0.05) is 48.5 Å². The molecule has 0 atom stereocenters. The Morgan fingerprint density at radius 3 is 2.24 bits per heavy atom. The van der Waals surface area contributed by atoms with E-state index in [2.05, 4.69) is 22.9 Å². The molecule has 0 aliphatic heterocycles. The lowest BCUT2D eigenvalue weighted by Crippen LogP contribution is -2.39. The van der Waals surface area contributed by atoms with Gasteiger partial charge in [0.25, 0.3) is 0 Å².